The Morgan fingerprint density at radius 3 is 1.80 bits per heavy atom. The number of aliphatic hydroxyl groups excluding tert-OH is 1. The SMILES string of the molecule is CC(O)[C@H](C)n1ncn(-c2ccc(N3CCN(c4ccc(O)cc4)CC3)cc2)c1=O. The Morgan fingerprint density at radius 1 is 0.833 bits per heavy atom. The summed E-state index contributed by atoms with van der Waals surface area (Å²) in [5, 5.41) is 23.3. The molecule has 4 rings (SSSR count). The Kier molecular flexibility index (Phi) is 5.50. The largest absolute Gasteiger partial charge is 0.508 e. The summed E-state index contributed by atoms with van der Waals surface area (Å²) in [7, 11) is 0. The Bertz CT molecular complexity index is 1030. The molecule has 2 atom stereocenters. The van der Waals surface area contributed by atoms with Crippen LogP contribution >= 0.6 is 0 Å². The van der Waals surface area contributed by atoms with Crippen molar-refractivity contribution in [2.75, 3.05) is 36.0 Å². The zero-order valence-corrected chi connectivity index (χ0v) is 17.2. The molecular weight excluding hydrogens is 382 g/mol. The zero-order chi connectivity index (χ0) is 21.3. The highest BCUT2D eigenvalue weighted by molar-refractivity contribution is 5.54. The lowest BCUT2D eigenvalue weighted by molar-refractivity contribution is 0.130. The number of hydrogen-bond donors (Lipinski definition) is 2. The summed E-state index contributed by atoms with van der Waals surface area (Å²) in [6.45, 7) is 7.00. The molecule has 30 heavy (non-hydrogen) atoms. The van der Waals surface area contributed by atoms with Crippen LogP contribution < -0.4 is 15.5 Å². The molecule has 1 fully saturated rings. The van der Waals surface area contributed by atoms with E-state index in [9.17, 15) is 15.0 Å². The van der Waals surface area contributed by atoms with Gasteiger partial charge in [0.1, 0.15) is 12.1 Å². The first-order chi connectivity index (χ1) is 14.4. The van der Waals surface area contributed by atoms with E-state index in [0.29, 0.717) is 0 Å². The van der Waals surface area contributed by atoms with Crippen LogP contribution in [0.15, 0.2) is 59.7 Å². The number of anilines is 2. The molecule has 0 radical (unpaired) electrons. The summed E-state index contributed by atoms with van der Waals surface area (Å²) in [4.78, 5) is 17.2. The number of benzene rings is 2. The van der Waals surface area contributed by atoms with Crippen molar-refractivity contribution >= 4 is 11.4 Å². The van der Waals surface area contributed by atoms with E-state index in [-0.39, 0.29) is 17.5 Å². The average Bonchev–Trinajstić information content (AvgIpc) is 3.15. The minimum atomic E-state index is -0.659. The second-order valence-corrected chi connectivity index (χ2v) is 7.72. The fraction of sp³-hybridized carbons (Fsp3) is 0.364. The van der Waals surface area contributed by atoms with E-state index >= 15 is 0 Å². The van der Waals surface area contributed by atoms with Crippen molar-refractivity contribution < 1.29 is 10.2 Å². The van der Waals surface area contributed by atoms with Gasteiger partial charge in [-0.25, -0.2) is 14.0 Å². The molecule has 2 N–H and O–H groups in total. The Hall–Kier alpha value is -3.26. The average molecular weight is 409 g/mol. The van der Waals surface area contributed by atoms with Crippen LogP contribution in [-0.2, 0) is 0 Å². The van der Waals surface area contributed by atoms with Gasteiger partial charge in [-0.05, 0) is 62.4 Å². The number of hydrogen-bond acceptors (Lipinski definition) is 6. The topological polar surface area (TPSA) is 86.8 Å². The van der Waals surface area contributed by atoms with Gasteiger partial charge in [-0.3, -0.25) is 0 Å². The summed E-state index contributed by atoms with van der Waals surface area (Å²) < 4.78 is 2.80. The smallest absolute Gasteiger partial charge is 0.350 e. The molecule has 1 aliphatic heterocycles. The van der Waals surface area contributed by atoms with E-state index in [1.54, 1.807) is 26.0 Å². The highest BCUT2D eigenvalue weighted by Crippen LogP contribution is 2.23. The minimum absolute atomic E-state index is 0.265. The normalized spacial score (nSPS) is 16.5. The predicted octanol–water partition coefficient (Wildman–Crippen LogP) is 2.01. The maximum absolute atomic E-state index is 12.6. The van der Waals surface area contributed by atoms with Crippen LogP contribution in [0.1, 0.15) is 19.9 Å². The van der Waals surface area contributed by atoms with Gasteiger partial charge in [-0.2, -0.15) is 5.10 Å². The molecule has 0 saturated carbocycles. The summed E-state index contributed by atoms with van der Waals surface area (Å²) >= 11 is 0. The zero-order valence-electron chi connectivity index (χ0n) is 17.2. The maximum atomic E-state index is 12.6. The quantitative estimate of drug-likeness (QED) is 0.670. The van der Waals surface area contributed by atoms with Crippen LogP contribution in [-0.4, -0.2) is 56.8 Å². The molecule has 1 unspecified atom stereocenters. The van der Waals surface area contributed by atoms with Crippen LogP contribution in [0.4, 0.5) is 11.4 Å². The molecule has 0 aliphatic carbocycles. The third-order valence-corrected chi connectivity index (χ3v) is 5.77. The molecule has 0 spiro atoms. The number of phenols is 1. The van der Waals surface area contributed by atoms with E-state index < -0.39 is 6.10 Å². The number of rotatable bonds is 5. The Labute approximate surface area is 175 Å². The van der Waals surface area contributed by atoms with E-state index in [2.05, 4.69) is 14.9 Å². The molecule has 8 nitrogen and oxygen atoms in total. The van der Waals surface area contributed by atoms with Gasteiger partial charge in [0.05, 0.1) is 17.8 Å². The molecule has 1 aliphatic rings. The first-order valence-corrected chi connectivity index (χ1v) is 10.2. The summed E-state index contributed by atoms with van der Waals surface area (Å²) in [5.41, 5.74) is 2.71. The number of aliphatic hydroxyl groups is 1. The Balaban J connectivity index is 1.44. The lowest BCUT2D eigenvalue weighted by Crippen LogP contribution is -2.46. The fourth-order valence-electron chi connectivity index (χ4n) is 3.69. The molecule has 158 valence electrons. The van der Waals surface area contributed by atoms with Crippen molar-refractivity contribution in [1.29, 1.82) is 0 Å². The molecular formula is C22H27N5O3. The van der Waals surface area contributed by atoms with Gasteiger partial charge in [0.25, 0.3) is 0 Å². The second-order valence-electron chi connectivity index (χ2n) is 7.72. The van der Waals surface area contributed by atoms with E-state index in [1.807, 2.05) is 36.4 Å². The van der Waals surface area contributed by atoms with Crippen molar-refractivity contribution in [2.24, 2.45) is 0 Å². The molecule has 2 heterocycles. The van der Waals surface area contributed by atoms with Crippen molar-refractivity contribution in [1.82, 2.24) is 14.3 Å². The molecule has 3 aromatic rings. The molecule has 8 heteroatoms. The van der Waals surface area contributed by atoms with Crippen LogP contribution in [0.3, 0.4) is 0 Å². The van der Waals surface area contributed by atoms with Gasteiger partial charge in [0.15, 0.2) is 0 Å². The summed E-state index contributed by atoms with van der Waals surface area (Å²) in [6, 6.07) is 14.8. The van der Waals surface area contributed by atoms with Crippen molar-refractivity contribution in [3.8, 4) is 11.4 Å². The number of nitrogens with zero attached hydrogens (tertiary/aromatic N) is 5. The summed E-state index contributed by atoms with van der Waals surface area (Å²) in [5.74, 6) is 0.280. The van der Waals surface area contributed by atoms with Gasteiger partial charge < -0.3 is 20.0 Å². The van der Waals surface area contributed by atoms with Crippen molar-refractivity contribution in [3.63, 3.8) is 0 Å². The predicted molar refractivity (Wildman–Crippen MR) is 117 cm³/mol. The van der Waals surface area contributed by atoms with Crippen LogP contribution in [0.5, 0.6) is 5.75 Å². The van der Waals surface area contributed by atoms with Crippen molar-refractivity contribution in [2.45, 2.75) is 26.0 Å². The minimum Gasteiger partial charge on any atom is -0.508 e. The standard InChI is InChI=1S/C22H27N5O3/c1-16(17(2)28)27-22(30)26(15-23-27)20-5-3-18(4-6-20)24-11-13-25(14-12-24)19-7-9-21(29)10-8-19/h3-10,15-17,28-29H,11-14H2,1-2H3/t16-,17?/m0/s1. The number of piperazine rings is 1. The fourth-order valence-corrected chi connectivity index (χ4v) is 3.69. The highest BCUT2D eigenvalue weighted by Gasteiger charge is 2.19. The van der Waals surface area contributed by atoms with Gasteiger partial charge in [-0.1, -0.05) is 0 Å². The number of aromatic nitrogens is 3. The first-order valence-electron chi connectivity index (χ1n) is 10.2. The van der Waals surface area contributed by atoms with E-state index in [4.69, 9.17) is 0 Å². The monoisotopic (exact) mass is 409 g/mol. The molecule has 0 bridgehead atoms. The number of phenolic OH excluding ortho intramolecular Hbond substituents is 1. The Morgan fingerprint density at radius 2 is 1.30 bits per heavy atom. The molecule has 2 aromatic carbocycles. The van der Waals surface area contributed by atoms with E-state index in [1.165, 1.54) is 15.6 Å². The van der Waals surface area contributed by atoms with Crippen LogP contribution in [0.25, 0.3) is 5.69 Å². The lowest BCUT2D eigenvalue weighted by Gasteiger charge is -2.37. The van der Waals surface area contributed by atoms with Crippen molar-refractivity contribution in [3.05, 3.63) is 65.3 Å². The third-order valence-electron chi connectivity index (χ3n) is 5.77. The summed E-state index contributed by atoms with van der Waals surface area (Å²) in [6.07, 6.45) is 0.834. The van der Waals surface area contributed by atoms with E-state index in [0.717, 1.165) is 43.2 Å². The molecule has 0 amide bonds. The van der Waals surface area contributed by atoms with Gasteiger partial charge in [0, 0.05) is 37.6 Å². The maximum Gasteiger partial charge on any atom is 0.350 e. The van der Waals surface area contributed by atoms with Crippen LogP contribution in [0.2, 0.25) is 0 Å². The third kappa shape index (κ3) is 3.91. The van der Waals surface area contributed by atoms with Crippen LogP contribution in [0, 0.1) is 0 Å². The lowest BCUT2D eigenvalue weighted by atomic mass is 10.2. The second kappa shape index (κ2) is 8.23. The van der Waals surface area contributed by atoms with Gasteiger partial charge >= 0.3 is 5.69 Å². The number of aromatic hydroxyl groups is 1. The van der Waals surface area contributed by atoms with Gasteiger partial charge in [0.2, 0.25) is 0 Å². The van der Waals surface area contributed by atoms with Gasteiger partial charge in [-0.15, -0.1) is 0 Å². The highest BCUT2D eigenvalue weighted by atomic mass is 16.3. The first kappa shape index (κ1) is 20.0. The molecule has 1 aromatic heterocycles. The molecule has 1 saturated heterocycles.